The predicted octanol–water partition coefficient (Wildman–Crippen LogP) is 2.09. The van der Waals surface area contributed by atoms with Gasteiger partial charge >= 0.3 is 0 Å². The average molecular weight is 282 g/mol. The fourth-order valence-electron chi connectivity index (χ4n) is 4.04. The van der Waals surface area contributed by atoms with Gasteiger partial charge in [-0.25, -0.2) is 0 Å². The molecule has 1 aliphatic heterocycles. The lowest BCUT2D eigenvalue weighted by atomic mass is 9.63. The lowest BCUT2D eigenvalue weighted by Gasteiger charge is -2.45. The molecule has 4 nitrogen and oxygen atoms in total. The van der Waals surface area contributed by atoms with Gasteiger partial charge in [0.2, 0.25) is 5.91 Å². The van der Waals surface area contributed by atoms with E-state index in [9.17, 15) is 4.79 Å². The topological polar surface area (TPSA) is 50.4 Å². The molecule has 2 aliphatic rings. The van der Waals surface area contributed by atoms with Crippen molar-refractivity contribution < 1.29 is 9.53 Å². The molecule has 1 aliphatic carbocycles. The van der Waals surface area contributed by atoms with Crippen LogP contribution in [0.2, 0.25) is 0 Å². The summed E-state index contributed by atoms with van der Waals surface area (Å²) in [7, 11) is 0. The van der Waals surface area contributed by atoms with Crippen molar-refractivity contribution in [1.82, 2.24) is 10.6 Å². The van der Waals surface area contributed by atoms with Crippen LogP contribution < -0.4 is 10.6 Å². The van der Waals surface area contributed by atoms with E-state index in [1.54, 1.807) is 0 Å². The van der Waals surface area contributed by atoms with E-state index >= 15 is 0 Å². The van der Waals surface area contributed by atoms with Crippen molar-refractivity contribution in [3.05, 3.63) is 0 Å². The second-order valence-electron chi connectivity index (χ2n) is 8.52. The Morgan fingerprint density at radius 2 is 1.70 bits per heavy atom. The van der Waals surface area contributed by atoms with Gasteiger partial charge in [0.15, 0.2) is 0 Å². The Morgan fingerprint density at radius 3 is 2.15 bits per heavy atom. The van der Waals surface area contributed by atoms with Gasteiger partial charge in [0, 0.05) is 19.1 Å². The van der Waals surface area contributed by atoms with Gasteiger partial charge in [-0.15, -0.1) is 0 Å². The maximum absolute atomic E-state index is 12.1. The minimum Gasteiger partial charge on any atom is -0.363 e. The van der Waals surface area contributed by atoms with Crippen molar-refractivity contribution in [2.24, 2.45) is 10.8 Å². The van der Waals surface area contributed by atoms with Crippen molar-refractivity contribution in [3.63, 3.8) is 0 Å². The van der Waals surface area contributed by atoms with Crippen LogP contribution in [-0.2, 0) is 9.53 Å². The molecule has 0 radical (unpaired) electrons. The summed E-state index contributed by atoms with van der Waals surface area (Å²) in [6.45, 7) is 13.1. The molecule has 1 saturated heterocycles. The third-order valence-electron chi connectivity index (χ3n) is 4.47. The van der Waals surface area contributed by atoms with E-state index in [0.717, 1.165) is 25.9 Å². The molecule has 0 spiro atoms. The zero-order chi connectivity index (χ0) is 15.0. The molecule has 0 atom stereocenters. The fourth-order valence-corrected chi connectivity index (χ4v) is 4.04. The third kappa shape index (κ3) is 4.19. The number of carbonyl (C=O) groups is 1. The second-order valence-corrected chi connectivity index (χ2v) is 8.52. The summed E-state index contributed by atoms with van der Waals surface area (Å²) in [5, 5.41) is 6.34. The largest absolute Gasteiger partial charge is 0.363 e. The van der Waals surface area contributed by atoms with Crippen molar-refractivity contribution >= 4 is 5.91 Å². The highest BCUT2D eigenvalue weighted by atomic mass is 16.5. The Kier molecular flexibility index (Phi) is 4.18. The van der Waals surface area contributed by atoms with Crippen molar-refractivity contribution in [1.29, 1.82) is 0 Å². The summed E-state index contributed by atoms with van der Waals surface area (Å²) in [5.74, 6) is 0.0247. The van der Waals surface area contributed by atoms with E-state index in [-0.39, 0.29) is 24.2 Å². The molecule has 2 N–H and O–H groups in total. The van der Waals surface area contributed by atoms with Gasteiger partial charge in [-0.3, -0.25) is 4.79 Å². The van der Waals surface area contributed by atoms with Gasteiger partial charge in [-0.05, 0) is 37.0 Å². The molecule has 2 fully saturated rings. The first-order valence-corrected chi connectivity index (χ1v) is 7.73. The molecule has 1 amide bonds. The van der Waals surface area contributed by atoms with Gasteiger partial charge in [0.05, 0.1) is 5.60 Å². The zero-order valence-electron chi connectivity index (χ0n) is 13.6. The van der Waals surface area contributed by atoms with Gasteiger partial charge in [0.1, 0.15) is 6.61 Å². The Hall–Kier alpha value is -0.610. The number of nitrogens with one attached hydrogen (secondary N) is 2. The van der Waals surface area contributed by atoms with Gasteiger partial charge in [0.25, 0.3) is 0 Å². The summed E-state index contributed by atoms with van der Waals surface area (Å²) in [6.07, 6.45) is 3.33. The highest BCUT2D eigenvalue weighted by Gasteiger charge is 2.39. The van der Waals surface area contributed by atoms with Crippen LogP contribution in [0.15, 0.2) is 0 Å². The SMILES string of the molecule is CC1(C)CC(NC(=O)COC2(C)CNC2)CC(C)(C)C1. The first-order valence-electron chi connectivity index (χ1n) is 7.73. The summed E-state index contributed by atoms with van der Waals surface area (Å²) in [6, 6.07) is 0.275. The van der Waals surface area contributed by atoms with Gasteiger partial charge < -0.3 is 15.4 Å². The number of hydrogen-bond acceptors (Lipinski definition) is 3. The fraction of sp³-hybridized carbons (Fsp3) is 0.938. The number of hydrogen-bond donors (Lipinski definition) is 2. The lowest BCUT2D eigenvalue weighted by molar-refractivity contribution is -0.137. The van der Waals surface area contributed by atoms with Crippen LogP contribution in [0.4, 0.5) is 0 Å². The molecule has 116 valence electrons. The van der Waals surface area contributed by atoms with Crippen LogP contribution in [0.3, 0.4) is 0 Å². The summed E-state index contributed by atoms with van der Waals surface area (Å²) < 4.78 is 5.70. The Bertz CT molecular complexity index is 357. The molecule has 1 saturated carbocycles. The normalized spacial score (nSPS) is 27.6. The molecule has 1 heterocycles. The zero-order valence-corrected chi connectivity index (χ0v) is 13.6. The van der Waals surface area contributed by atoms with Crippen LogP contribution in [0.1, 0.15) is 53.9 Å². The van der Waals surface area contributed by atoms with Crippen molar-refractivity contribution in [2.45, 2.75) is 65.5 Å². The predicted molar refractivity (Wildman–Crippen MR) is 80.6 cm³/mol. The van der Waals surface area contributed by atoms with E-state index in [1.807, 2.05) is 6.92 Å². The van der Waals surface area contributed by atoms with Gasteiger partial charge in [-0.2, -0.15) is 0 Å². The second kappa shape index (κ2) is 5.30. The lowest BCUT2D eigenvalue weighted by Crippen LogP contribution is -2.60. The van der Waals surface area contributed by atoms with Gasteiger partial charge in [-0.1, -0.05) is 27.7 Å². The highest BCUT2D eigenvalue weighted by molar-refractivity contribution is 5.77. The van der Waals surface area contributed by atoms with E-state index in [2.05, 4.69) is 38.3 Å². The standard InChI is InChI=1S/C16H30N2O2/c1-14(2)6-12(7-15(3,4)9-14)18-13(19)8-20-16(5)10-17-11-16/h12,17H,6-11H2,1-5H3,(H,18,19). The minimum atomic E-state index is -0.150. The maximum atomic E-state index is 12.1. The average Bonchev–Trinajstić information content (AvgIpc) is 2.19. The smallest absolute Gasteiger partial charge is 0.246 e. The van der Waals surface area contributed by atoms with Crippen LogP contribution in [0, 0.1) is 10.8 Å². The Balaban J connectivity index is 1.81. The van der Waals surface area contributed by atoms with Crippen LogP contribution in [0.25, 0.3) is 0 Å². The molecule has 0 aromatic rings. The molecule has 2 rings (SSSR count). The quantitative estimate of drug-likeness (QED) is 0.830. The molecule has 0 aromatic carbocycles. The molecule has 0 aromatic heterocycles. The molecule has 0 bridgehead atoms. The van der Waals surface area contributed by atoms with E-state index in [0.29, 0.717) is 10.8 Å². The molecular weight excluding hydrogens is 252 g/mol. The Labute approximate surface area is 123 Å². The Morgan fingerprint density at radius 1 is 1.15 bits per heavy atom. The molecule has 4 heteroatoms. The molecule has 0 unspecified atom stereocenters. The highest BCUT2D eigenvalue weighted by Crippen LogP contribution is 2.45. The third-order valence-corrected chi connectivity index (χ3v) is 4.47. The van der Waals surface area contributed by atoms with Crippen LogP contribution in [0.5, 0.6) is 0 Å². The monoisotopic (exact) mass is 282 g/mol. The van der Waals surface area contributed by atoms with E-state index in [4.69, 9.17) is 4.74 Å². The number of carbonyl (C=O) groups excluding carboxylic acids is 1. The summed E-state index contributed by atoms with van der Waals surface area (Å²) in [5.41, 5.74) is 0.442. The maximum Gasteiger partial charge on any atom is 0.246 e. The van der Waals surface area contributed by atoms with E-state index < -0.39 is 0 Å². The summed E-state index contributed by atoms with van der Waals surface area (Å²) in [4.78, 5) is 12.1. The molecule has 20 heavy (non-hydrogen) atoms. The van der Waals surface area contributed by atoms with Crippen molar-refractivity contribution in [2.75, 3.05) is 19.7 Å². The van der Waals surface area contributed by atoms with Crippen LogP contribution in [-0.4, -0.2) is 37.2 Å². The first-order chi connectivity index (χ1) is 9.09. The van der Waals surface area contributed by atoms with Crippen LogP contribution >= 0.6 is 0 Å². The molecular formula is C16H30N2O2. The number of ether oxygens (including phenoxy) is 1. The number of rotatable bonds is 4. The first kappa shape index (κ1) is 15.8. The van der Waals surface area contributed by atoms with Crippen molar-refractivity contribution in [3.8, 4) is 0 Å². The summed E-state index contributed by atoms with van der Waals surface area (Å²) >= 11 is 0. The minimum absolute atomic E-state index is 0.0247. The number of amides is 1. The van der Waals surface area contributed by atoms with E-state index in [1.165, 1.54) is 6.42 Å².